The maximum Gasteiger partial charge on any atom is 0.0594 e. The van der Waals surface area contributed by atoms with Crippen LogP contribution in [0, 0.1) is 5.41 Å². The predicted molar refractivity (Wildman–Crippen MR) is 80.6 cm³/mol. The van der Waals surface area contributed by atoms with E-state index < -0.39 is 0 Å². The molecule has 1 aromatic heterocycles. The monoisotopic (exact) mass is 270 g/mol. The van der Waals surface area contributed by atoms with Gasteiger partial charge in [0.1, 0.15) is 0 Å². The molecule has 2 aliphatic rings. The van der Waals surface area contributed by atoms with Crippen molar-refractivity contribution in [1.29, 1.82) is 0 Å². The first-order valence-corrected chi connectivity index (χ1v) is 7.84. The second-order valence-electron chi connectivity index (χ2n) is 5.86. The Morgan fingerprint density at radius 2 is 2.11 bits per heavy atom. The van der Waals surface area contributed by atoms with Crippen molar-refractivity contribution in [3.63, 3.8) is 0 Å². The van der Waals surface area contributed by atoms with Gasteiger partial charge in [-0.3, -0.25) is 0 Å². The number of benzene rings is 1. The summed E-state index contributed by atoms with van der Waals surface area (Å²) in [5.74, 6) is 0. The number of anilines is 1. The van der Waals surface area contributed by atoms with Crippen LogP contribution >= 0.6 is 11.3 Å². The lowest BCUT2D eigenvalue weighted by Crippen LogP contribution is -2.40. The number of hydrogen-bond acceptors (Lipinski definition) is 3. The lowest BCUT2D eigenvalue weighted by atomic mass is 9.69. The molecule has 2 nitrogen and oxygen atoms in total. The van der Waals surface area contributed by atoms with Gasteiger partial charge in [-0.2, -0.15) is 11.3 Å². The Hall–Kier alpha value is -1.32. The van der Waals surface area contributed by atoms with Gasteiger partial charge in [-0.1, -0.05) is 25.1 Å². The van der Waals surface area contributed by atoms with Gasteiger partial charge in [-0.25, -0.2) is 0 Å². The fourth-order valence-electron chi connectivity index (χ4n) is 3.74. The molecule has 2 N–H and O–H groups in total. The number of rotatable bonds is 1. The van der Waals surface area contributed by atoms with Gasteiger partial charge in [-0.05, 0) is 47.0 Å². The van der Waals surface area contributed by atoms with E-state index in [9.17, 15) is 0 Å². The molecule has 19 heavy (non-hydrogen) atoms. The molecular weight excluding hydrogens is 252 g/mol. The normalized spacial score (nSPS) is 32.5. The van der Waals surface area contributed by atoms with Crippen LogP contribution in [0.2, 0.25) is 0 Å². The van der Waals surface area contributed by atoms with Crippen molar-refractivity contribution < 1.29 is 0 Å². The molecule has 1 aromatic carbocycles. The maximum atomic E-state index is 3.78. The summed E-state index contributed by atoms with van der Waals surface area (Å²) in [4.78, 5) is 0. The van der Waals surface area contributed by atoms with Gasteiger partial charge < -0.3 is 10.6 Å². The highest BCUT2D eigenvalue weighted by Gasteiger charge is 2.49. The smallest absolute Gasteiger partial charge is 0.0594 e. The third-order valence-corrected chi connectivity index (χ3v) is 5.48. The zero-order valence-electron chi connectivity index (χ0n) is 11.0. The molecule has 0 unspecified atom stereocenters. The van der Waals surface area contributed by atoms with E-state index in [1.165, 1.54) is 23.2 Å². The van der Waals surface area contributed by atoms with Gasteiger partial charge in [0.25, 0.3) is 0 Å². The first-order chi connectivity index (χ1) is 9.29. The summed E-state index contributed by atoms with van der Waals surface area (Å²) in [7, 11) is 0. The van der Waals surface area contributed by atoms with Crippen LogP contribution < -0.4 is 10.6 Å². The highest BCUT2D eigenvalue weighted by molar-refractivity contribution is 7.08. The van der Waals surface area contributed by atoms with Gasteiger partial charge >= 0.3 is 0 Å². The average molecular weight is 270 g/mol. The van der Waals surface area contributed by atoms with Crippen LogP contribution in [0.3, 0.4) is 0 Å². The van der Waals surface area contributed by atoms with Crippen LogP contribution in [0.15, 0.2) is 41.1 Å². The minimum atomic E-state index is 0.259. The first-order valence-electron chi connectivity index (χ1n) is 6.90. The molecule has 3 heteroatoms. The van der Waals surface area contributed by atoms with Crippen LogP contribution in [0.5, 0.6) is 0 Å². The Morgan fingerprint density at radius 3 is 2.95 bits per heavy atom. The lowest BCUT2D eigenvalue weighted by molar-refractivity contribution is 0.227. The van der Waals surface area contributed by atoms with E-state index in [-0.39, 0.29) is 5.41 Å². The second kappa shape index (κ2) is 4.09. The molecule has 0 saturated carbocycles. The highest BCUT2D eigenvalue weighted by atomic mass is 32.1. The maximum absolute atomic E-state index is 3.78. The van der Waals surface area contributed by atoms with Crippen LogP contribution in [0.4, 0.5) is 5.69 Å². The molecule has 0 radical (unpaired) electrons. The van der Waals surface area contributed by atoms with Crippen LogP contribution in [-0.2, 0) is 0 Å². The van der Waals surface area contributed by atoms with Gasteiger partial charge in [0.2, 0.25) is 0 Å². The average Bonchev–Trinajstić information content (AvgIpc) is 3.06. The topological polar surface area (TPSA) is 24.1 Å². The molecule has 3 heterocycles. The quantitative estimate of drug-likeness (QED) is 0.819. The molecule has 2 aromatic rings. The molecular formula is C16H18N2S. The zero-order valence-corrected chi connectivity index (χ0v) is 11.8. The number of thiophene rings is 1. The van der Waals surface area contributed by atoms with Crippen molar-refractivity contribution in [3.05, 3.63) is 52.2 Å². The molecule has 0 spiro atoms. The third kappa shape index (κ3) is 1.58. The van der Waals surface area contributed by atoms with Crippen molar-refractivity contribution in [3.8, 4) is 0 Å². The number of para-hydroxylation sites is 1. The first kappa shape index (κ1) is 11.5. The summed E-state index contributed by atoms with van der Waals surface area (Å²) in [6.45, 7) is 3.53. The van der Waals surface area contributed by atoms with Crippen LogP contribution in [0.1, 0.15) is 36.6 Å². The Kier molecular flexibility index (Phi) is 2.47. The highest BCUT2D eigenvalue weighted by Crippen LogP contribution is 2.55. The van der Waals surface area contributed by atoms with Gasteiger partial charge in [0, 0.05) is 17.1 Å². The Balaban J connectivity index is 1.87. The largest absolute Gasteiger partial charge is 0.377 e. The van der Waals surface area contributed by atoms with Crippen molar-refractivity contribution in [2.75, 3.05) is 11.9 Å². The summed E-state index contributed by atoms with van der Waals surface area (Å²) in [6, 6.07) is 11.9. The minimum absolute atomic E-state index is 0.259. The van der Waals surface area contributed by atoms with Crippen molar-refractivity contribution in [2.24, 2.45) is 5.41 Å². The fourth-order valence-corrected chi connectivity index (χ4v) is 4.43. The summed E-state index contributed by atoms with van der Waals surface area (Å²) in [5, 5.41) is 12.0. The molecule has 3 atom stereocenters. The van der Waals surface area contributed by atoms with E-state index in [1.807, 2.05) is 0 Å². The van der Waals surface area contributed by atoms with Crippen LogP contribution in [0.25, 0.3) is 0 Å². The summed E-state index contributed by atoms with van der Waals surface area (Å²) >= 11 is 1.79. The number of fused-ring (bicyclic) bond motifs is 3. The fraction of sp³-hybridized carbons (Fsp3) is 0.375. The molecule has 1 fully saturated rings. The third-order valence-electron chi connectivity index (χ3n) is 4.78. The van der Waals surface area contributed by atoms with Gasteiger partial charge in [0.05, 0.1) is 6.04 Å². The summed E-state index contributed by atoms with van der Waals surface area (Å²) in [5.41, 5.74) is 4.40. The van der Waals surface area contributed by atoms with Crippen molar-refractivity contribution >= 4 is 17.0 Å². The van der Waals surface area contributed by atoms with E-state index in [2.05, 4.69) is 58.6 Å². The van der Waals surface area contributed by atoms with Crippen LogP contribution in [-0.4, -0.2) is 6.54 Å². The zero-order chi connectivity index (χ0) is 12.9. The molecule has 98 valence electrons. The van der Waals surface area contributed by atoms with Gasteiger partial charge in [-0.15, -0.1) is 0 Å². The molecule has 4 rings (SSSR count). The minimum Gasteiger partial charge on any atom is -0.377 e. The molecule has 2 aliphatic heterocycles. The van der Waals surface area contributed by atoms with Crippen molar-refractivity contribution in [1.82, 2.24) is 5.32 Å². The second-order valence-corrected chi connectivity index (χ2v) is 6.64. The summed E-state index contributed by atoms with van der Waals surface area (Å²) in [6.07, 6.45) is 1.22. The van der Waals surface area contributed by atoms with E-state index in [4.69, 9.17) is 0 Å². The van der Waals surface area contributed by atoms with E-state index in [1.54, 1.807) is 11.3 Å². The SMILES string of the molecule is C[C@]12CCN[C@H]1c1ccccc1N[C@H]2c1ccsc1. The molecule has 0 bridgehead atoms. The molecule has 0 aliphatic carbocycles. The molecule has 0 amide bonds. The number of hydrogen-bond donors (Lipinski definition) is 2. The van der Waals surface area contributed by atoms with E-state index >= 15 is 0 Å². The van der Waals surface area contributed by atoms with E-state index in [0.29, 0.717) is 12.1 Å². The Labute approximate surface area is 117 Å². The van der Waals surface area contributed by atoms with Gasteiger partial charge in [0.15, 0.2) is 0 Å². The van der Waals surface area contributed by atoms with E-state index in [0.717, 1.165) is 6.54 Å². The number of nitrogens with one attached hydrogen (secondary N) is 2. The Morgan fingerprint density at radius 1 is 1.21 bits per heavy atom. The summed E-state index contributed by atoms with van der Waals surface area (Å²) < 4.78 is 0. The van der Waals surface area contributed by atoms with Crippen molar-refractivity contribution in [2.45, 2.75) is 25.4 Å². The Bertz CT molecular complexity index is 593. The lowest BCUT2D eigenvalue weighted by Gasteiger charge is -2.45. The molecule has 1 saturated heterocycles. The standard InChI is InChI=1S/C16H18N2S/c1-16-7-8-17-15(16)12-4-2-3-5-13(12)18-14(16)11-6-9-19-10-11/h2-6,9-10,14-15,17-18H,7-8H2,1H3/t14-,15-,16+/m0/s1. The predicted octanol–water partition coefficient (Wildman–Crippen LogP) is 3.96.